The number of rotatable bonds is 6. The highest BCUT2D eigenvalue weighted by Crippen LogP contribution is 2.26. The van der Waals surface area contributed by atoms with Gasteiger partial charge in [0.25, 0.3) is 5.56 Å². The maximum Gasteiger partial charge on any atom is 0.262 e. The molecule has 156 valence electrons. The molecule has 0 radical (unpaired) electrons. The Morgan fingerprint density at radius 3 is 2.61 bits per heavy atom. The van der Waals surface area contributed by atoms with Gasteiger partial charge in [0.05, 0.1) is 27.7 Å². The number of hydrogen-bond donors (Lipinski definition) is 2. The third-order valence-electron chi connectivity index (χ3n) is 5.17. The van der Waals surface area contributed by atoms with Gasteiger partial charge in [0.15, 0.2) is 11.0 Å². The molecule has 31 heavy (non-hydrogen) atoms. The standard InChI is InChI=1S/C23H21N5O2S/c1-3-14(2)28-22(30)15-8-4-5-9-17(15)27-23(28)31-13-20(29)16(12-24)21-25-18-10-6-7-11-19(18)26-21/h4-11,14,29H,3,13H2,1-2H3,(H,25,26). The first kappa shape index (κ1) is 20.7. The van der Waals surface area contributed by atoms with Gasteiger partial charge in [-0.2, -0.15) is 5.26 Å². The van der Waals surface area contributed by atoms with Crippen LogP contribution >= 0.6 is 11.8 Å². The molecule has 0 saturated carbocycles. The smallest absolute Gasteiger partial charge is 0.262 e. The van der Waals surface area contributed by atoms with Crippen LogP contribution in [0.15, 0.2) is 64.2 Å². The third-order valence-corrected chi connectivity index (χ3v) is 6.14. The highest BCUT2D eigenvalue weighted by atomic mass is 32.2. The molecule has 2 N–H and O–H groups in total. The lowest BCUT2D eigenvalue weighted by Crippen LogP contribution is -2.26. The number of para-hydroxylation sites is 3. The summed E-state index contributed by atoms with van der Waals surface area (Å²) in [7, 11) is 0. The number of fused-ring (bicyclic) bond motifs is 2. The average Bonchev–Trinajstić information content (AvgIpc) is 3.21. The van der Waals surface area contributed by atoms with Gasteiger partial charge in [0, 0.05) is 6.04 Å². The number of thioether (sulfide) groups is 1. The monoisotopic (exact) mass is 431 g/mol. The molecule has 0 saturated heterocycles. The van der Waals surface area contributed by atoms with Gasteiger partial charge in [0.2, 0.25) is 0 Å². The van der Waals surface area contributed by atoms with Gasteiger partial charge in [0.1, 0.15) is 17.4 Å². The minimum absolute atomic E-state index is 0.0518. The van der Waals surface area contributed by atoms with Crippen LogP contribution < -0.4 is 5.56 Å². The summed E-state index contributed by atoms with van der Waals surface area (Å²) in [5.74, 6) is 0.276. The summed E-state index contributed by atoms with van der Waals surface area (Å²) >= 11 is 1.22. The maximum atomic E-state index is 13.1. The molecule has 8 heteroatoms. The van der Waals surface area contributed by atoms with Crippen molar-refractivity contribution in [2.24, 2.45) is 0 Å². The Morgan fingerprint density at radius 2 is 1.90 bits per heavy atom. The average molecular weight is 432 g/mol. The summed E-state index contributed by atoms with van der Waals surface area (Å²) in [5, 5.41) is 21.4. The molecule has 0 aliphatic carbocycles. The van der Waals surface area contributed by atoms with Crippen molar-refractivity contribution in [1.82, 2.24) is 19.5 Å². The predicted molar refractivity (Wildman–Crippen MR) is 123 cm³/mol. The van der Waals surface area contributed by atoms with E-state index in [9.17, 15) is 15.2 Å². The Kier molecular flexibility index (Phi) is 5.78. The van der Waals surface area contributed by atoms with E-state index >= 15 is 0 Å². The Hall–Kier alpha value is -3.57. The van der Waals surface area contributed by atoms with Crippen molar-refractivity contribution in [2.75, 3.05) is 5.75 Å². The predicted octanol–water partition coefficient (Wildman–Crippen LogP) is 4.83. The zero-order valence-electron chi connectivity index (χ0n) is 17.2. The minimum Gasteiger partial charge on any atom is -0.510 e. The topological polar surface area (TPSA) is 108 Å². The van der Waals surface area contributed by atoms with Crippen LogP contribution in [0.5, 0.6) is 0 Å². The van der Waals surface area contributed by atoms with Crippen molar-refractivity contribution in [2.45, 2.75) is 31.5 Å². The molecular formula is C23H21N5O2S. The van der Waals surface area contributed by atoms with E-state index in [-0.39, 0.29) is 28.7 Å². The first-order valence-electron chi connectivity index (χ1n) is 9.94. The van der Waals surface area contributed by atoms with Crippen LogP contribution in [0, 0.1) is 11.3 Å². The van der Waals surface area contributed by atoms with E-state index in [1.54, 1.807) is 16.7 Å². The number of imidazole rings is 1. The van der Waals surface area contributed by atoms with Crippen LogP contribution in [0.2, 0.25) is 0 Å². The number of nitrogens with one attached hydrogen (secondary N) is 1. The molecule has 0 spiro atoms. The summed E-state index contributed by atoms with van der Waals surface area (Å²) in [5.41, 5.74) is 2.07. The van der Waals surface area contributed by atoms with E-state index in [2.05, 4.69) is 15.0 Å². The fourth-order valence-corrected chi connectivity index (χ4v) is 4.30. The molecular weight excluding hydrogens is 410 g/mol. The normalized spacial score (nSPS) is 13.2. The number of H-pyrrole nitrogens is 1. The zero-order chi connectivity index (χ0) is 22.0. The second-order valence-corrected chi connectivity index (χ2v) is 8.11. The van der Waals surface area contributed by atoms with Crippen LogP contribution in [-0.4, -0.2) is 30.4 Å². The van der Waals surface area contributed by atoms with E-state index in [4.69, 9.17) is 0 Å². The second kappa shape index (κ2) is 8.66. The van der Waals surface area contributed by atoms with Crippen LogP contribution in [0.1, 0.15) is 32.1 Å². The van der Waals surface area contributed by atoms with Gasteiger partial charge in [-0.1, -0.05) is 43.0 Å². The number of aliphatic hydroxyl groups is 1. The lowest BCUT2D eigenvalue weighted by molar-refractivity contribution is 0.419. The number of hydrogen-bond acceptors (Lipinski definition) is 6. The van der Waals surface area contributed by atoms with E-state index in [1.807, 2.05) is 56.3 Å². The van der Waals surface area contributed by atoms with Crippen molar-refractivity contribution in [1.29, 1.82) is 5.26 Å². The second-order valence-electron chi connectivity index (χ2n) is 7.17. The number of nitrogens with zero attached hydrogens (tertiary/aromatic N) is 4. The molecule has 0 bridgehead atoms. The van der Waals surface area contributed by atoms with Crippen LogP contribution in [-0.2, 0) is 0 Å². The van der Waals surface area contributed by atoms with Gasteiger partial charge in [-0.15, -0.1) is 0 Å². The first-order chi connectivity index (χ1) is 15.0. The number of aromatic nitrogens is 4. The Bertz CT molecular complexity index is 1360. The highest BCUT2D eigenvalue weighted by Gasteiger charge is 2.18. The zero-order valence-corrected chi connectivity index (χ0v) is 18.0. The Balaban J connectivity index is 1.72. The third kappa shape index (κ3) is 3.92. The van der Waals surface area contributed by atoms with Crippen LogP contribution in [0.4, 0.5) is 0 Å². The fourth-order valence-electron chi connectivity index (χ4n) is 3.33. The molecule has 0 fully saturated rings. The molecule has 7 nitrogen and oxygen atoms in total. The number of aromatic amines is 1. The Morgan fingerprint density at radius 1 is 1.19 bits per heavy atom. The van der Waals surface area contributed by atoms with E-state index < -0.39 is 0 Å². The first-order valence-corrected chi connectivity index (χ1v) is 10.9. The van der Waals surface area contributed by atoms with E-state index in [1.165, 1.54) is 11.8 Å². The molecule has 0 aliphatic rings. The van der Waals surface area contributed by atoms with Gasteiger partial charge in [-0.25, -0.2) is 9.97 Å². The maximum absolute atomic E-state index is 13.1. The lowest BCUT2D eigenvalue weighted by Gasteiger charge is -2.18. The quantitative estimate of drug-likeness (QED) is 0.196. The summed E-state index contributed by atoms with van der Waals surface area (Å²) in [6.07, 6.45) is 0.762. The minimum atomic E-state index is -0.121. The molecule has 4 rings (SSSR count). The number of aliphatic hydroxyl groups excluding tert-OH is 1. The molecule has 2 aromatic carbocycles. The SMILES string of the molecule is CCC(C)n1c(SCC(O)=C(C#N)c2nc3ccccc3[nH]2)nc2ccccc2c1=O. The van der Waals surface area contributed by atoms with E-state index in [0.29, 0.717) is 27.4 Å². The number of nitriles is 1. The summed E-state index contributed by atoms with van der Waals surface area (Å²) in [6, 6.07) is 16.6. The van der Waals surface area contributed by atoms with Gasteiger partial charge in [-0.3, -0.25) is 9.36 Å². The van der Waals surface area contributed by atoms with Gasteiger partial charge < -0.3 is 10.1 Å². The summed E-state index contributed by atoms with van der Waals surface area (Å²) in [4.78, 5) is 25.2. The number of allylic oxidation sites excluding steroid dienone is 1. The Labute approximate surface area is 183 Å². The van der Waals surface area contributed by atoms with Crippen molar-refractivity contribution in [3.8, 4) is 6.07 Å². The highest BCUT2D eigenvalue weighted by molar-refractivity contribution is 7.99. The van der Waals surface area contributed by atoms with Crippen molar-refractivity contribution in [3.05, 3.63) is 70.5 Å². The molecule has 0 aliphatic heterocycles. The largest absolute Gasteiger partial charge is 0.510 e. The van der Waals surface area contributed by atoms with Gasteiger partial charge >= 0.3 is 0 Å². The molecule has 0 amide bonds. The molecule has 1 unspecified atom stereocenters. The van der Waals surface area contributed by atoms with Crippen molar-refractivity contribution in [3.63, 3.8) is 0 Å². The molecule has 2 aromatic heterocycles. The summed E-state index contributed by atoms with van der Waals surface area (Å²) in [6.45, 7) is 3.97. The molecule has 1 atom stereocenters. The fraction of sp³-hybridized carbons (Fsp3) is 0.217. The van der Waals surface area contributed by atoms with Crippen LogP contribution in [0.25, 0.3) is 27.5 Å². The van der Waals surface area contributed by atoms with Crippen LogP contribution in [0.3, 0.4) is 0 Å². The van der Waals surface area contributed by atoms with E-state index in [0.717, 1.165) is 11.9 Å². The summed E-state index contributed by atoms with van der Waals surface area (Å²) < 4.78 is 1.66. The molecule has 2 heterocycles. The molecule has 4 aromatic rings. The number of benzene rings is 2. The van der Waals surface area contributed by atoms with Crippen molar-refractivity contribution < 1.29 is 5.11 Å². The van der Waals surface area contributed by atoms with Gasteiger partial charge in [-0.05, 0) is 37.6 Å². The van der Waals surface area contributed by atoms with Crippen molar-refractivity contribution >= 4 is 39.3 Å². The lowest BCUT2D eigenvalue weighted by atomic mass is 10.2.